The minimum absolute atomic E-state index is 0.00917. The fourth-order valence-corrected chi connectivity index (χ4v) is 1.22. The maximum absolute atomic E-state index is 11.0. The summed E-state index contributed by atoms with van der Waals surface area (Å²) in [6.07, 6.45) is 0. The second-order valence-corrected chi connectivity index (χ2v) is 3.06. The Bertz CT molecular complexity index is 477. The molecule has 1 aliphatic rings. The van der Waals surface area contributed by atoms with Crippen molar-refractivity contribution in [2.45, 2.75) is 6.92 Å². The van der Waals surface area contributed by atoms with Crippen molar-refractivity contribution in [2.75, 3.05) is 6.61 Å². The van der Waals surface area contributed by atoms with E-state index >= 15 is 0 Å². The molecule has 0 unspecified atom stereocenters. The Morgan fingerprint density at radius 3 is 2.29 bits per heavy atom. The Kier molecular flexibility index (Phi) is 3.95. The molecule has 1 heterocycles. The van der Waals surface area contributed by atoms with Crippen LogP contribution in [0.3, 0.4) is 0 Å². The van der Waals surface area contributed by atoms with E-state index in [-0.39, 0.29) is 23.3 Å². The van der Waals surface area contributed by atoms with Crippen LogP contribution in [0.25, 0.3) is 0 Å². The molecule has 90 valence electrons. The number of ether oxygens (including phenoxy) is 1. The molecule has 0 saturated heterocycles. The highest BCUT2D eigenvalue weighted by Gasteiger charge is 2.30. The van der Waals surface area contributed by atoms with E-state index in [9.17, 15) is 14.4 Å². The minimum atomic E-state index is -1.15. The van der Waals surface area contributed by atoms with Crippen molar-refractivity contribution in [2.24, 2.45) is 0 Å². The first kappa shape index (κ1) is 12.9. The van der Waals surface area contributed by atoms with Crippen LogP contribution in [0.15, 0.2) is 18.2 Å². The number of hydrogen-bond donors (Lipinski definition) is 2. The van der Waals surface area contributed by atoms with E-state index in [1.807, 2.05) is 0 Å². The number of fused-ring (bicyclic) bond motifs is 1. The summed E-state index contributed by atoms with van der Waals surface area (Å²) in [6, 6.07) is 3.65. The van der Waals surface area contributed by atoms with Crippen LogP contribution in [0.4, 0.5) is 0 Å². The Balaban J connectivity index is 0.000000437. The van der Waals surface area contributed by atoms with E-state index in [4.69, 9.17) is 10.2 Å². The zero-order valence-corrected chi connectivity index (χ0v) is 8.97. The molecular weight excluding hydrogens is 228 g/mol. The number of aromatic carboxylic acids is 1. The van der Waals surface area contributed by atoms with Crippen LogP contribution in [-0.4, -0.2) is 34.7 Å². The molecule has 0 atom stereocenters. The number of cyclic esters (lactones) is 2. The lowest BCUT2D eigenvalue weighted by Crippen LogP contribution is -2.00. The molecule has 2 rings (SSSR count). The minimum Gasteiger partial charge on any atom is -0.478 e. The average Bonchev–Trinajstić information content (AvgIpc) is 2.55. The molecule has 1 aliphatic heterocycles. The van der Waals surface area contributed by atoms with Gasteiger partial charge in [-0.15, -0.1) is 0 Å². The largest absolute Gasteiger partial charge is 0.478 e. The Morgan fingerprint density at radius 2 is 1.76 bits per heavy atom. The molecule has 1 aromatic carbocycles. The third kappa shape index (κ3) is 2.67. The molecule has 6 nitrogen and oxygen atoms in total. The molecule has 17 heavy (non-hydrogen) atoms. The molecular formula is C11H10O6. The quantitative estimate of drug-likeness (QED) is 0.551. The maximum Gasteiger partial charge on any atom is 0.346 e. The van der Waals surface area contributed by atoms with E-state index in [1.54, 1.807) is 6.92 Å². The number of carboxylic acid groups (broad SMARTS) is 1. The lowest BCUT2D eigenvalue weighted by molar-refractivity contribution is 0.0443. The number of carbonyl (C=O) groups is 3. The first-order valence-corrected chi connectivity index (χ1v) is 4.76. The molecule has 2 N–H and O–H groups in total. The normalized spacial score (nSPS) is 12.4. The van der Waals surface area contributed by atoms with E-state index in [0.717, 1.165) is 6.07 Å². The molecule has 0 saturated carbocycles. The van der Waals surface area contributed by atoms with Crippen molar-refractivity contribution in [3.8, 4) is 0 Å². The van der Waals surface area contributed by atoms with Gasteiger partial charge in [-0.05, 0) is 25.1 Å². The zero-order chi connectivity index (χ0) is 13.0. The van der Waals surface area contributed by atoms with E-state index in [1.165, 1.54) is 12.1 Å². The van der Waals surface area contributed by atoms with Gasteiger partial charge in [0.1, 0.15) is 0 Å². The molecule has 0 fully saturated rings. The Morgan fingerprint density at radius 1 is 1.24 bits per heavy atom. The van der Waals surface area contributed by atoms with Gasteiger partial charge in [0.05, 0.1) is 16.7 Å². The van der Waals surface area contributed by atoms with Gasteiger partial charge in [0.15, 0.2) is 0 Å². The lowest BCUT2D eigenvalue weighted by Gasteiger charge is -1.94. The van der Waals surface area contributed by atoms with Gasteiger partial charge in [-0.2, -0.15) is 0 Å². The van der Waals surface area contributed by atoms with Crippen LogP contribution in [-0.2, 0) is 4.74 Å². The third-order valence-electron chi connectivity index (χ3n) is 1.89. The molecule has 0 bridgehead atoms. The number of carboxylic acids is 1. The summed E-state index contributed by atoms with van der Waals surface area (Å²) in [6.45, 7) is 1.93. The summed E-state index contributed by atoms with van der Waals surface area (Å²) in [5.74, 6) is -2.69. The third-order valence-corrected chi connectivity index (χ3v) is 1.89. The van der Waals surface area contributed by atoms with Crippen molar-refractivity contribution in [3.63, 3.8) is 0 Å². The van der Waals surface area contributed by atoms with Gasteiger partial charge in [0.25, 0.3) is 0 Å². The van der Waals surface area contributed by atoms with Crippen molar-refractivity contribution >= 4 is 17.9 Å². The standard InChI is InChI=1S/C9H4O5.C2H6O/c10-7(11)4-1-2-5-6(3-4)9(13)14-8(5)12;1-2-3/h1-3H,(H,10,11);3H,2H2,1H3. The van der Waals surface area contributed by atoms with Gasteiger partial charge in [-0.1, -0.05) is 0 Å². The van der Waals surface area contributed by atoms with Gasteiger partial charge in [0, 0.05) is 6.61 Å². The van der Waals surface area contributed by atoms with Crippen molar-refractivity contribution < 1.29 is 29.3 Å². The Hall–Kier alpha value is -2.21. The Labute approximate surface area is 96.4 Å². The highest BCUT2D eigenvalue weighted by molar-refractivity contribution is 6.15. The first-order valence-electron chi connectivity index (χ1n) is 4.76. The van der Waals surface area contributed by atoms with E-state index < -0.39 is 17.9 Å². The molecule has 0 radical (unpaired) electrons. The fraction of sp³-hybridized carbons (Fsp3) is 0.182. The van der Waals surface area contributed by atoms with Gasteiger partial charge >= 0.3 is 17.9 Å². The van der Waals surface area contributed by atoms with Gasteiger partial charge in [-0.3, -0.25) is 0 Å². The summed E-state index contributed by atoms with van der Waals surface area (Å²) >= 11 is 0. The predicted octanol–water partition coefficient (Wildman–Crippen LogP) is 0.694. The van der Waals surface area contributed by atoms with E-state index in [0.29, 0.717) is 0 Å². The second kappa shape index (κ2) is 5.22. The van der Waals surface area contributed by atoms with Gasteiger partial charge in [-0.25, -0.2) is 14.4 Å². The number of aliphatic hydroxyl groups excluding tert-OH is 1. The maximum atomic E-state index is 11.0. The molecule has 0 aromatic heterocycles. The number of carbonyl (C=O) groups excluding carboxylic acids is 2. The van der Waals surface area contributed by atoms with Crippen LogP contribution < -0.4 is 0 Å². The van der Waals surface area contributed by atoms with Crippen LogP contribution >= 0.6 is 0 Å². The molecule has 1 aromatic rings. The van der Waals surface area contributed by atoms with Gasteiger partial charge in [0.2, 0.25) is 0 Å². The monoisotopic (exact) mass is 238 g/mol. The molecule has 6 heteroatoms. The number of esters is 2. The highest BCUT2D eigenvalue weighted by atomic mass is 16.6. The molecule has 0 spiro atoms. The average molecular weight is 238 g/mol. The predicted molar refractivity (Wildman–Crippen MR) is 55.9 cm³/mol. The zero-order valence-electron chi connectivity index (χ0n) is 8.97. The SMILES string of the molecule is CCO.O=C(O)c1ccc2c(c1)C(=O)OC2=O. The van der Waals surface area contributed by atoms with Crippen LogP contribution in [0, 0.1) is 0 Å². The summed E-state index contributed by atoms with van der Waals surface area (Å²) in [7, 11) is 0. The van der Waals surface area contributed by atoms with Gasteiger partial charge < -0.3 is 14.9 Å². The number of benzene rings is 1. The number of hydrogen-bond acceptors (Lipinski definition) is 5. The molecule has 0 aliphatic carbocycles. The van der Waals surface area contributed by atoms with Crippen molar-refractivity contribution in [1.29, 1.82) is 0 Å². The summed E-state index contributed by atoms with van der Waals surface area (Å²) < 4.78 is 4.30. The highest BCUT2D eigenvalue weighted by Crippen LogP contribution is 2.20. The second-order valence-electron chi connectivity index (χ2n) is 3.06. The topological polar surface area (TPSA) is 101 Å². The van der Waals surface area contributed by atoms with E-state index in [2.05, 4.69) is 4.74 Å². The fourth-order valence-electron chi connectivity index (χ4n) is 1.22. The number of rotatable bonds is 1. The smallest absolute Gasteiger partial charge is 0.346 e. The first-order chi connectivity index (χ1) is 8.01. The molecule has 0 amide bonds. The van der Waals surface area contributed by atoms with Crippen molar-refractivity contribution in [1.82, 2.24) is 0 Å². The summed E-state index contributed by atoms with van der Waals surface area (Å²) in [4.78, 5) is 32.5. The van der Waals surface area contributed by atoms with Crippen LogP contribution in [0.1, 0.15) is 38.0 Å². The van der Waals surface area contributed by atoms with Crippen molar-refractivity contribution in [3.05, 3.63) is 34.9 Å². The lowest BCUT2D eigenvalue weighted by atomic mass is 10.1. The summed E-state index contributed by atoms with van der Waals surface area (Å²) in [5, 5.41) is 16.2. The van der Waals surface area contributed by atoms with Crippen LogP contribution in [0.5, 0.6) is 0 Å². The summed E-state index contributed by atoms with van der Waals surface area (Å²) in [5.41, 5.74) is 0.0744. The number of aliphatic hydroxyl groups is 1. The van der Waals surface area contributed by atoms with Crippen LogP contribution in [0.2, 0.25) is 0 Å².